The molecule has 0 aliphatic rings. The molecule has 0 unspecified atom stereocenters. The highest BCUT2D eigenvalue weighted by Crippen LogP contribution is 2.11. The van der Waals surface area contributed by atoms with Crippen molar-refractivity contribution in [1.29, 1.82) is 0 Å². The van der Waals surface area contributed by atoms with E-state index in [0.29, 0.717) is 19.3 Å². The van der Waals surface area contributed by atoms with Crippen molar-refractivity contribution in [2.24, 2.45) is 23.3 Å². The second-order valence-corrected chi connectivity index (χ2v) is 12.3. The molecule has 5 amide bonds. The summed E-state index contributed by atoms with van der Waals surface area (Å²) >= 11 is 0. The Labute approximate surface area is 266 Å². The maximum atomic E-state index is 13.7. The van der Waals surface area contributed by atoms with Gasteiger partial charge in [0.05, 0.1) is 6.04 Å². The SMILES string of the molecule is CC(C)C[C@@H](NC(=O)[C@H](NC(=O)[C@@H](CCc1ccccc1)NC(=O)[C@@H](CCc1ccccc1)NC(=O)[C@@H](C)N)C(C)C)C(N)=O. The number of hydrogen-bond donors (Lipinski definition) is 6. The average Bonchev–Trinajstić information content (AvgIpc) is 2.99. The number of amides is 5. The van der Waals surface area contributed by atoms with E-state index >= 15 is 0 Å². The molecule has 8 N–H and O–H groups in total. The van der Waals surface area contributed by atoms with E-state index in [4.69, 9.17) is 11.5 Å². The summed E-state index contributed by atoms with van der Waals surface area (Å²) in [7, 11) is 0. The molecule has 45 heavy (non-hydrogen) atoms. The lowest BCUT2D eigenvalue weighted by molar-refractivity contribution is -0.135. The quantitative estimate of drug-likeness (QED) is 0.147. The van der Waals surface area contributed by atoms with Crippen molar-refractivity contribution >= 4 is 29.5 Å². The first kappa shape index (κ1) is 36.9. The predicted octanol–water partition coefficient (Wildman–Crippen LogP) is 1.73. The van der Waals surface area contributed by atoms with Crippen molar-refractivity contribution in [3.8, 4) is 0 Å². The van der Waals surface area contributed by atoms with Crippen LogP contribution in [0.4, 0.5) is 0 Å². The lowest BCUT2D eigenvalue weighted by atomic mass is 9.98. The van der Waals surface area contributed by atoms with E-state index in [0.717, 1.165) is 11.1 Å². The van der Waals surface area contributed by atoms with Crippen LogP contribution in [0, 0.1) is 11.8 Å². The van der Waals surface area contributed by atoms with Crippen molar-refractivity contribution in [3.05, 3.63) is 71.8 Å². The minimum atomic E-state index is -1.03. The van der Waals surface area contributed by atoms with E-state index in [2.05, 4.69) is 21.3 Å². The Morgan fingerprint density at radius 3 is 1.42 bits per heavy atom. The summed E-state index contributed by atoms with van der Waals surface area (Å²) in [6, 6.07) is 14.4. The molecule has 0 fully saturated rings. The minimum absolute atomic E-state index is 0.102. The van der Waals surface area contributed by atoms with Crippen LogP contribution >= 0.6 is 0 Å². The van der Waals surface area contributed by atoms with Gasteiger partial charge >= 0.3 is 0 Å². The van der Waals surface area contributed by atoms with E-state index in [1.807, 2.05) is 74.5 Å². The molecular formula is C34H50N6O5. The number of carbonyl (C=O) groups excluding carboxylic acids is 5. The fourth-order valence-electron chi connectivity index (χ4n) is 4.79. The molecule has 2 rings (SSSR count). The van der Waals surface area contributed by atoms with Crippen molar-refractivity contribution in [1.82, 2.24) is 21.3 Å². The monoisotopic (exact) mass is 622 g/mol. The molecule has 5 atom stereocenters. The van der Waals surface area contributed by atoms with E-state index in [9.17, 15) is 24.0 Å². The standard InChI is InChI=1S/C34H50N6O5/c1-21(2)20-28(30(36)41)39-34(45)29(22(3)4)40-33(44)27(19-17-25-14-10-7-11-15-25)38-32(43)26(37-31(42)23(5)35)18-16-24-12-8-6-9-13-24/h6-15,21-23,26-29H,16-20,35H2,1-5H3,(H2,36,41)(H,37,42)(H,38,43)(H,39,45)(H,40,44)/t23-,26-,27-,28-,29-/m1/s1. The van der Waals surface area contributed by atoms with Crippen molar-refractivity contribution in [2.75, 3.05) is 0 Å². The second kappa shape index (κ2) is 18.5. The van der Waals surface area contributed by atoms with Crippen LogP contribution in [0.1, 0.15) is 65.0 Å². The van der Waals surface area contributed by atoms with Crippen LogP contribution in [0.2, 0.25) is 0 Å². The zero-order valence-corrected chi connectivity index (χ0v) is 27.0. The molecule has 0 radical (unpaired) electrons. The number of aryl methyl sites for hydroxylation is 2. The fourth-order valence-corrected chi connectivity index (χ4v) is 4.79. The summed E-state index contributed by atoms with van der Waals surface area (Å²) in [5.74, 6) is -3.02. The molecule has 11 heteroatoms. The van der Waals surface area contributed by atoms with Gasteiger partial charge in [0, 0.05) is 0 Å². The summed E-state index contributed by atoms with van der Waals surface area (Å²) in [4.78, 5) is 65.2. The molecule has 0 heterocycles. The smallest absolute Gasteiger partial charge is 0.243 e. The zero-order chi connectivity index (χ0) is 33.5. The first-order chi connectivity index (χ1) is 21.3. The number of primary amides is 1. The number of carbonyl (C=O) groups is 5. The number of hydrogen-bond acceptors (Lipinski definition) is 6. The van der Waals surface area contributed by atoms with Gasteiger partial charge in [-0.25, -0.2) is 0 Å². The molecular weight excluding hydrogens is 572 g/mol. The molecule has 0 bridgehead atoms. The summed E-state index contributed by atoms with van der Waals surface area (Å²) < 4.78 is 0. The molecule has 2 aromatic carbocycles. The predicted molar refractivity (Wildman–Crippen MR) is 174 cm³/mol. The van der Waals surface area contributed by atoms with E-state index < -0.39 is 59.7 Å². The van der Waals surface area contributed by atoms with Crippen molar-refractivity contribution in [3.63, 3.8) is 0 Å². The van der Waals surface area contributed by atoms with E-state index in [1.165, 1.54) is 6.92 Å². The normalized spacial score (nSPS) is 14.5. The average molecular weight is 623 g/mol. The topological polar surface area (TPSA) is 186 Å². The van der Waals surface area contributed by atoms with Crippen LogP contribution in [0.3, 0.4) is 0 Å². The molecule has 0 saturated carbocycles. The van der Waals surface area contributed by atoms with Gasteiger partial charge in [-0.15, -0.1) is 0 Å². The van der Waals surface area contributed by atoms with Crippen LogP contribution in [-0.2, 0) is 36.8 Å². The van der Waals surface area contributed by atoms with Gasteiger partial charge in [0.25, 0.3) is 0 Å². The summed E-state index contributed by atoms with van der Waals surface area (Å²) in [6.45, 7) is 8.89. The summed E-state index contributed by atoms with van der Waals surface area (Å²) in [5, 5.41) is 11.0. The Hall–Kier alpha value is -4.25. The Balaban J connectivity index is 2.28. The van der Waals surface area contributed by atoms with Gasteiger partial charge in [-0.05, 0) is 62.0 Å². The molecule has 0 saturated heterocycles. The van der Waals surface area contributed by atoms with Crippen LogP contribution in [0.25, 0.3) is 0 Å². The Morgan fingerprint density at radius 2 is 1.02 bits per heavy atom. The Bertz CT molecular complexity index is 1250. The molecule has 0 aliphatic carbocycles. The molecule has 0 spiro atoms. The molecule has 0 aromatic heterocycles. The highest BCUT2D eigenvalue weighted by atomic mass is 16.2. The maximum Gasteiger partial charge on any atom is 0.243 e. The van der Waals surface area contributed by atoms with Crippen LogP contribution in [0.15, 0.2) is 60.7 Å². The highest BCUT2D eigenvalue weighted by molar-refractivity contribution is 5.95. The third-order valence-electron chi connectivity index (χ3n) is 7.42. The number of rotatable bonds is 18. The van der Waals surface area contributed by atoms with Gasteiger partial charge < -0.3 is 32.7 Å². The third-order valence-corrected chi connectivity index (χ3v) is 7.42. The lowest BCUT2D eigenvalue weighted by Gasteiger charge is -2.28. The fraction of sp³-hybridized carbons (Fsp3) is 0.500. The van der Waals surface area contributed by atoms with Crippen LogP contribution in [-0.4, -0.2) is 59.7 Å². The lowest BCUT2D eigenvalue weighted by Crippen LogP contribution is -2.59. The number of nitrogens with one attached hydrogen (secondary N) is 4. The van der Waals surface area contributed by atoms with Crippen LogP contribution in [0.5, 0.6) is 0 Å². The molecule has 0 aliphatic heterocycles. The van der Waals surface area contributed by atoms with Gasteiger partial charge in [-0.1, -0.05) is 88.4 Å². The molecule has 11 nitrogen and oxygen atoms in total. The van der Waals surface area contributed by atoms with Gasteiger partial charge in [0.15, 0.2) is 0 Å². The molecule has 2 aromatic rings. The zero-order valence-electron chi connectivity index (χ0n) is 27.0. The van der Waals surface area contributed by atoms with Crippen molar-refractivity contribution < 1.29 is 24.0 Å². The number of benzene rings is 2. The van der Waals surface area contributed by atoms with Crippen molar-refractivity contribution in [2.45, 2.75) is 96.9 Å². The van der Waals surface area contributed by atoms with E-state index in [1.54, 1.807) is 13.8 Å². The highest BCUT2D eigenvalue weighted by Gasteiger charge is 2.32. The minimum Gasteiger partial charge on any atom is -0.368 e. The molecule has 246 valence electrons. The summed E-state index contributed by atoms with van der Waals surface area (Å²) in [6.07, 6.45) is 1.84. The number of nitrogens with two attached hydrogens (primary N) is 2. The van der Waals surface area contributed by atoms with Gasteiger partial charge in [-0.2, -0.15) is 0 Å². The largest absolute Gasteiger partial charge is 0.368 e. The second-order valence-electron chi connectivity index (χ2n) is 12.3. The Morgan fingerprint density at radius 1 is 0.600 bits per heavy atom. The van der Waals surface area contributed by atoms with E-state index in [-0.39, 0.29) is 24.7 Å². The first-order valence-corrected chi connectivity index (χ1v) is 15.6. The first-order valence-electron chi connectivity index (χ1n) is 15.6. The van der Waals surface area contributed by atoms with Gasteiger partial charge in [-0.3, -0.25) is 24.0 Å². The third kappa shape index (κ3) is 13.1. The van der Waals surface area contributed by atoms with Gasteiger partial charge in [0.1, 0.15) is 24.2 Å². The Kier molecular flexibility index (Phi) is 15.2. The maximum absolute atomic E-state index is 13.7. The summed E-state index contributed by atoms with van der Waals surface area (Å²) in [5.41, 5.74) is 13.2. The van der Waals surface area contributed by atoms with Crippen LogP contribution < -0.4 is 32.7 Å². The van der Waals surface area contributed by atoms with Gasteiger partial charge in [0.2, 0.25) is 29.5 Å².